The molecule has 2 unspecified atom stereocenters. The second-order valence-corrected chi connectivity index (χ2v) is 5.34. The zero-order valence-electron chi connectivity index (χ0n) is 11.4. The van der Waals surface area contributed by atoms with Crippen LogP contribution in [0.4, 0.5) is 13.2 Å². The van der Waals surface area contributed by atoms with E-state index in [2.05, 4.69) is 0 Å². The van der Waals surface area contributed by atoms with Crippen LogP contribution in [-0.2, 0) is 4.79 Å². The van der Waals surface area contributed by atoms with Crippen LogP contribution in [0.1, 0.15) is 24.9 Å². The summed E-state index contributed by atoms with van der Waals surface area (Å²) in [7, 11) is 0. The number of aromatic hydroxyl groups is 1. The first kappa shape index (κ1) is 15.6. The van der Waals surface area contributed by atoms with Crippen LogP contribution in [0.5, 0.6) is 5.75 Å². The quantitative estimate of drug-likeness (QED) is 0.901. The number of para-hydroxylation sites is 1. The summed E-state index contributed by atoms with van der Waals surface area (Å²) in [6.45, 7) is 1.06. The van der Waals surface area contributed by atoms with Crippen LogP contribution >= 0.6 is 0 Å². The number of aliphatic carboxylic acids is 1. The summed E-state index contributed by atoms with van der Waals surface area (Å²) in [5.74, 6) is -1.85. The zero-order valence-corrected chi connectivity index (χ0v) is 11.4. The van der Waals surface area contributed by atoms with Crippen LogP contribution in [-0.4, -0.2) is 40.3 Å². The Balaban J connectivity index is 2.26. The van der Waals surface area contributed by atoms with E-state index in [0.717, 1.165) is 0 Å². The van der Waals surface area contributed by atoms with Gasteiger partial charge in [-0.3, -0.25) is 9.69 Å². The van der Waals surface area contributed by atoms with Gasteiger partial charge in [-0.15, -0.1) is 0 Å². The fraction of sp³-hybridized carbons (Fsp3) is 0.500. The first-order valence-corrected chi connectivity index (χ1v) is 6.51. The van der Waals surface area contributed by atoms with Crippen LogP contribution in [0.15, 0.2) is 24.3 Å². The van der Waals surface area contributed by atoms with E-state index in [0.29, 0.717) is 5.56 Å². The van der Waals surface area contributed by atoms with Gasteiger partial charge in [-0.2, -0.15) is 13.2 Å². The Hall–Kier alpha value is -1.76. The molecule has 0 amide bonds. The average Bonchev–Trinajstić information content (AvgIpc) is 2.84. The normalized spacial score (nSPS) is 25.0. The van der Waals surface area contributed by atoms with E-state index < -0.39 is 36.6 Å². The van der Waals surface area contributed by atoms with E-state index in [4.69, 9.17) is 5.11 Å². The topological polar surface area (TPSA) is 60.8 Å². The molecule has 21 heavy (non-hydrogen) atoms. The Morgan fingerprint density at radius 3 is 2.48 bits per heavy atom. The van der Waals surface area contributed by atoms with Gasteiger partial charge in [0.05, 0.1) is 0 Å². The summed E-state index contributed by atoms with van der Waals surface area (Å²) >= 11 is 0. The number of carboxylic acid groups (broad SMARTS) is 1. The van der Waals surface area contributed by atoms with Crippen molar-refractivity contribution in [2.75, 3.05) is 13.1 Å². The van der Waals surface area contributed by atoms with Gasteiger partial charge < -0.3 is 10.2 Å². The van der Waals surface area contributed by atoms with Gasteiger partial charge in [0.25, 0.3) is 0 Å². The summed E-state index contributed by atoms with van der Waals surface area (Å²) in [4.78, 5) is 12.6. The molecule has 1 heterocycles. The molecular weight excluding hydrogens is 287 g/mol. The molecule has 2 atom stereocenters. The lowest BCUT2D eigenvalue weighted by Gasteiger charge is -2.30. The number of nitrogens with zero attached hydrogens (tertiary/aromatic N) is 1. The molecule has 1 saturated heterocycles. The lowest BCUT2D eigenvalue weighted by atomic mass is 9.86. The fourth-order valence-corrected chi connectivity index (χ4v) is 2.73. The van der Waals surface area contributed by atoms with Crippen molar-refractivity contribution in [1.29, 1.82) is 0 Å². The Kier molecular flexibility index (Phi) is 3.88. The van der Waals surface area contributed by atoms with E-state index in [-0.39, 0.29) is 12.3 Å². The Morgan fingerprint density at radius 1 is 1.38 bits per heavy atom. The van der Waals surface area contributed by atoms with Crippen LogP contribution in [0, 0.1) is 5.41 Å². The maximum Gasteiger partial charge on any atom is 0.406 e. The molecule has 1 aromatic rings. The highest BCUT2D eigenvalue weighted by atomic mass is 19.4. The second kappa shape index (κ2) is 5.22. The van der Waals surface area contributed by atoms with Crippen LogP contribution in [0.25, 0.3) is 0 Å². The fourth-order valence-electron chi connectivity index (χ4n) is 2.73. The van der Waals surface area contributed by atoms with Gasteiger partial charge in [0.2, 0.25) is 0 Å². The van der Waals surface area contributed by atoms with Crippen LogP contribution < -0.4 is 0 Å². The van der Waals surface area contributed by atoms with Crippen molar-refractivity contribution in [1.82, 2.24) is 4.90 Å². The lowest BCUT2D eigenvalue weighted by molar-refractivity contribution is -0.227. The number of phenolic OH excluding ortho intramolecular Hbond substituents is 1. The third kappa shape index (κ3) is 2.57. The van der Waals surface area contributed by atoms with Crippen LogP contribution in [0.2, 0.25) is 0 Å². The summed E-state index contributed by atoms with van der Waals surface area (Å²) in [5.41, 5.74) is -2.24. The Morgan fingerprint density at radius 2 is 2.00 bits per heavy atom. The highest BCUT2D eigenvalue weighted by Crippen LogP contribution is 2.47. The van der Waals surface area contributed by atoms with E-state index in [1.807, 2.05) is 0 Å². The van der Waals surface area contributed by atoms with E-state index >= 15 is 0 Å². The molecule has 0 radical (unpaired) electrons. The predicted octanol–water partition coefficient (Wildman–Crippen LogP) is 2.79. The third-order valence-electron chi connectivity index (χ3n) is 4.19. The van der Waals surface area contributed by atoms with Gasteiger partial charge in [-0.05, 0) is 19.4 Å². The molecule has 4 nitrogen and oxygen atoms in total. The molecule has 0 saturated carbocycles. The molecule has 116 valence electrons. The number of phenols is 1. The molecule has 1 aromatic carbocycles. The molecule has 1 aliphatic heterocycles. The molecule has 2 N–H and O–H groups in total. The average molecular weight is 303 g/mol. The Bertz CT molecular complexity index is 547. The van der Waals surface area contributed by atoms with Crippen molar-refractivity contribution in [3.8, 4) is 5.75 Å². The number of alkyl halides is 3. The minimum Gasteiger partial charge on any atom is -0.508 e. The van der Waals surface area contributed by atoms with Crippen molar-refractivity contribution in [3.63, 3.8) is 0 Å². The van der Waals surface area contributed by atoms with E-state index in [1.54, 1.807) is 25.1 Å². The van der Waals surface area contributed by atoms with E-state index in [1.165, 1.54) is 11.0 Å². The standard InChI is InChI=1S/C14H16F3NO3/c1-9(10-4-2-3-5-11(10)19)18-7-6-13(8-18,12(20)21)14(15,16)17/h2-5,9,19H,6-8H2,1H3,(H,20,21). The highest BCUT2D eigenvalue weighted by Gasteiger charge is 2.63. The SMILES string of the molecule is CC(c1ccccc1O)N1CCC(C(=O)O)(C(F)(F)F)C1. The van der Waals surface area contributed by atoms with Crippen molar-refractivity contribution in [3.05, 3.63) is 29.8 Å². The number of halogens is 3. The summed E-state index contributed by atoms with van der Waals surface area (Å²) in [5, 5.41) is 18.8. The van der Waals surface area contributed by atoms with Gasteiger partial charge in [-0.1, -0.05) is 18.2 Å². The molecule has 0 aliphatic carbocycles. The van der Waals surface area contributed by atoms with Crippen molar-refractivity contribution < 1.29 is 28.2 Å². The van der Waals surface area contributed by atoms with Crippen LogP contribution in [0.3, 0.4) is 0 Å². The summed E-state index contributed by atoms with van der Waals surface area (Å²) in [6.07, 6.45) is -5.28. The van der Waals surface area contributed by atoms with Gasteiger partial charge in [0, 0.05) is 24.7 Å². The van der Waals surface area contributed by atoms with E-state index in [9.17, 15) is 23.1 Å². The first-order valence-electron chi connectivity index (χ1n) is 6.51. The Labute approximate surface area is 119 Å². The van der Waals surface area contributed by atoms with Crippen molar-refractivity contribution >= 4 is 5.97 Å². The maximum atomic E-state index is 13.1. The zero-order chi connectivity index (χ0) is 15.8. The molecule has 0 spiro atoms. The number of hydrogen-bond donors (Lipinski definition) is 2. The molecule has 0 aromatic heterocycles. The monoisotopic (exact) mass is 303 g/mol. The van der Waals surface area contributed by atoms with Gasteiger partial charge in [-0.25, -0.2) is 0 Å². The third-order valence-corrected chi connectivity index (χ3v) is 4.19. The summed E-state index contributed by atoms with van der Waals surface area (Å²) < 4.78 is 39.4. The molecular formula is C14H16F3NO3. The number of carboxylic acids is 1. The number of benzene rings is 1. The smallest absolute Gasteiger partial charge is 0.406 e. The lowest BCUT2D eigenvalue weighted by Crippen LogP contribution is -2.47. The maximum absolute atomic E-state index is 13.1. The predicted molar refractivity (Wildman–Crippen MR) is 68.8 cm³/mol. The summed E-state index contributed by atoms with van der Waals surface area (Å²) in [6, 6.07) is 5.88. The van der Waals surface area contributed by atoms with Gasteiger partial charge in [0.1, 0.15) is 5.75 Å². The minimum absolute atomic E-state index is 0.00941. The first-order chi connectivity index (χ1) is 9.69. The van der Waals surface area contributed by atoms with Crippen molar-refractivity contribution in [2.24, 2.45) is 5.41 Å². The van der Waals surface area contributed by atoms with Crippen molar-refractivity contribution in [2.45, 2.75) is 25.6 Å². The molecule has 0 bridgehead atoms. The molecule has 1 fully saturated rings. The molecule has 1 aliphatic rings. The van der Waals surface area contributed by atoms with Gasteiger partial charge in [0.15, 0.2) is 5.41 Å². The minimum atomic E-state index is -4.80. The number of hydrogen-bond acceptors (Lipinski definition) is 3. The molecule has 7 heteroatoms. The van der Waals surface area contributed by atoms with Gasteiger partial charge >= 0.3 is 12.1 Å². The number of likely N-dealkylation sites (tertiary alicyclic amines) is 1. The number of rotatable bonds is 3. The molecule has 2 rings (SSSR count). The second-order valence-electron chi connectivity index (χ2n) is 5.34. The number of carbonyl (C=O) groups is 1. The highest BCUT2D eigenvalue weighted by molar-refractivity contribution is 5.76. The largest absolute Gasteiger partial charge is 0.508 e.